The fourth-order valence-electron chi connectivity index (χ4n) is 2.53. The Hall–Kier alpha value is -2.07. The summed E-state index contributed by atoms with van der Waals surface area (Å²) in [6.07, 6.45) is 0. The minimum absolute atomic E-state index is 0.0686. The van der Waals surface area contributed by atoms with E-state index in [1.807, 2.05) is 0 Å². The van der Waals surface area contributed by atoms with Crippen molar-refractivity contribution >= 4 is 34.8 Å². The third-order valence-electron chi connectivity index (χ3n) is 3.80. The van der Waals surface area contributed by atoms with Gasteiger partial charge in [0.25, 0.3) is 5.56 Å². The molecule has 0 aliphatic carbocycles. The van der Waals surface area contributed by atoms with Crippen LogP contribution in [0.2, 0.25) is 0 Å². The molecule has 0 spiro atoms. The number of carbonyl (C=O) groups is 1. The molecule has 1 amide bonds. The fraction of sp³-hybridized carbons (Fsp3) is 0.571. The number of carbonyl (C=O) groups excluding carboxylic acids is 1. The second kappa shape index (κ2) is 7.22. The van der Waals surface area contributed by atoms with Crippen LogP contribution in [0.3, 0.4) is 0 Å². The summed E-state index contributed by atoms with van der Waals surface area (Å²) >= 11 is 1.42. The number of aromatic amines is 1. The van der Waals surface area contributed by atoms with E-state index in [4.69, 9.17) is 0 Å². The van der Waals surface area contributed by atoms with Crippen LogP contribution in [-0.4, -0.2) is 63.9 Å². The number of nitrogens with zero attached hydrogens (tertiary/aromatic N) is 4. The lowest BCUT2D eigenvalue weighted by Crippen LogP contribution is -2.44. The molecular formula is C14H21N7O2S. The Morgan fingerprint density at radius 2 is 2.08 bits per heavy atom. The summed E-state index contributed by atoms with van der Waals surface area (Å²) in [5.41, 5.74) is 0.724. The molecule has 2 aromatic heterocycles. The van der Waals surface area contributed by atoms with Crippen LogP contribution in [0.4, 0.5) is 5.95 Å². The Balaban J connectivity index is 1.82. The predicted molar refractivity (Wildman–Crippen MR) is 93.6 cm³/mol. The van der Waals surface area contributed by atoms with Crippen molar-refractivity contribution in [1.29, 1.82) is 0 Å². The maximum absolute atomic E-state index is 12.5. The monoisotopic (exact) mass is 351 g/mol. The van der Waals surface area contributed by atoms with Crippen molar-refractivity contribution in [3.05, 3.63) is 10.4 Å². The minimum Gasteiger partial charge on any atom is -0.356 e. The molecule has 0 radical (unpaired) electrons. The van der Waals surface area contributed by atoms with Gasteiger partial charge in [-0.25, -0.2) is 4.98 Å². The number of anilines is 1. The molecule has 9 nitrogen and oxygen atoms in total. The molecule has 3 N–H and O–H groups in total. The smallest absolute Gasteiger partial charge is 0.280 e. The summed E-state index contributed by atoms with van der Waals surface area (Å²) in [6, 6.07) is 0. The third-order valence-corrected chi connectivity index (χ3v) is 4.83. The van der Waals surface area contributed by atoms with E-state index >= 15 is 0 Å². The predicted octanol–water partition coefficient (Wildman–Crippen LogP) is -0.706. The average Bonchev–Trinajstić information content (AvgIpc) is 3.01. The number of fused-ring (bicyclic) bond motifs is 1. The molecule has 0 unspecified atom stereocenters. The molecular weight excluding hydrogens is 330 g/mol. The van der Waals surface area contributed by atoms with Crippen LogP contribution in [0, 0.1) is 0 Å². The SMILES string of the molecule is CC(=O)NCCSc1nc2nc(N3CCNCC3)[nH]c2c(=O)n1C. The summed E-state index contributed by atoms with van der Waals surface area (Å²) in [5.74, 6) is 1.26. The van der Waals surface area contributed by atoms with Crippen molar-refractivity contribution in [2.75, 3.05) is 43.4 Å². The van der Waals surface area contributed by atoms with Gasteiger partial charge in [-0.3, -0.25) is 14.2 Å². The summed E-state index contributed by atoms with van der Waals surface area (Å²) in [6.45, 7) is 5.49. The van der Waals surface area contributed by atoms with E-state index in [2.05, 4.69) is 30.5 Å². The molecule has 2 aromatic rings. The Kier molecular flexibility index (Phi) is 5.05. The van der Waals surface area contributed by atoms with E-state index in [-0.39, 0.29) is 11.5 Å². The van der Waals surface area contributed by atoms with Crippen LogP contribution in [0.5, 0.6) is 0 Å². The van der Waals surface area contributed by atoms with Crippen molar-refractivity contribution < 1.29 is 4.79 Å². The van der Waals surface area contributed by atoms with Gasteiger partial charge in [-0.05, 0) is 0 Å². The molecule has 1 saturated heterocycles. The van der Waals surface area contributed by atoms with Crippen LogP contribution in [0.1, 0.15) is 6.92 Å². The first-order chi connectivity index (χ1) is 11.6. The van der Waals surface area contributed by atoms with E-state index in [9.17, 15) is 9.59 Å². The molecule has 1 aliphatic rings. The Bertz CT molecular complexity index is 794. The zero-order valence-corrected chi connectivity index (χ0v) is 14.6. The molecule has 24 heavy (non-hydrogen) atoms. The maximum atomic E-state index is 12.5. The number of piperazine rings is 1. The molecule has 0 bridgehead atoms. The highest BCUT2D eigenvalue weighted by molar-refractivity contribution is 7.99. The van der Waals surface area contributed by atoms with Gasteiger partial charge in [0.1, 0.15) is 0 Å². The highest BCUT2D eigenvalue weighted by Gasteiger charge is 2.18. The molecule has 0 atom stereocenters. The van der Waals surface area contributed by atoms with Crippen molar-refractivity contribution in [2.45, 2.75) is 12.1 Å². The van der Waals surface area contributed by atoms with Crippen molar-refractivity contribution in [3.8, 4) is 0 Å². The number of hydrogen-bond acceptors (Lipinski definition) is 7. The van der Waals surface area contributed by atoms with Crippen LogP contribution >= 0.6 is 11.8 Å². The largest absolute Gasteiger partial charge is 0.356 e. The average molecular weight is 351 g/mol. The topological polar surface area (TPSA) is 108 Å². The Labute approximate surface area is 143 Å². The first-order valence-corrected chi connectivity index (χ1v) is 8.84. The van der Waals surface area contributed by atoms with E-state index in [1.54, 1.807) is 7.05 Å². The summed E-state index contributed by atoms with van der Waals surface area (Å²) in [4.78, 5) is 37.6. The molecule has 0 saturated carbocycles. The lowest BCUT2D eigenvalue weighted by atomic mass is 10.4. The first-order valence-electron chi connectivity index (χ1n) is 7.86. The van der Waals surface area contributed by atoms with Gasteiger partial charge in [0.05, 0.1) is 0 Å². The van der Waals surface area contributed by atoms with Gasteiger partial charge in [0.2, 0.25) is 11.9 Å². The first kappa shape index (κ1) is 16.8. The van der Waals surface area contributed by atoms with Gasteiger partial charge >= 0.3 is 0 Å². The standard InChI is InChI=1S/C14H21N7O2S/c1-9(22)16-5-8-24-14-19-11-10(12(23)20(14)2)17-13(18-11)21-6-3-15-4-7-21/h15H,3-8H2,1-2H3,(H,16,22)(H,17,18). The Morgan fingerprint density at radius 1 is 1.33 bits per heavy atom. The molecule has 3 heterocycles. The molecule has 1 aliphatic heterocycles. The number of nitrogens with one attached hydrogen (secondary N) is 3. The summed E-state index contributed by atoms with van der Waals surface area (Å²) < 4.78 is 1.51. The molecule has 10 heteroatoms. The van der Waals surface area contributed by atoms with Gasteiger partial charge in [-0.2, -0.15) is 4.98 Å². The highest BCUT2D eigenvalue weighted by Crippen LogP contribution is 2.18. The minimum atomic E-state index is -0.143. The molecule has 3 rings (SSSR count). The van der Waals surface area contributed by atoms with Crippen LogP contribution in [-0.2, 0) is 11.8 Å². The van der Waals surface area contributed by atoms with Crippen LogP contribution in [0.15, 0.2) is 9.95 Å². The number of amides is 1. The van der Waals surface area contributed by atoms with Gasteiger partial charge < -0.3 is 20.5 Å². The summed E-state index contributed by atoms with van der Waals surface area (Å²) in [5, 5.41) is 6.60. The number of imidazole rings is 1. The van der Waals surface area contributed by atoms with Gasteiger partial charge in [-0.15, -0.1) is 0 Å². The normalized spacial score (nSPS) is 15.0. The Morgan fingerprint density at radius 3 is 2.79 bits per heavy atom. The van der Waals surface area contributed by atoms with Crippen molar-refractivity contribution in [1.82, 2.24) is 30.2 Å². The van der Waals surface area contributed by atoms with E-state index in [1.165, 1.54) is 23.3 Å². The molecule has 1 fully saturated rings. The summed E-state index contributed by atoms with van der Waals surface area (Å²) in [7, 11) is 1.70. The quantitative estimate of drug-likeness (QED) is 0.371. The van der Waals surface area contributed by atoms with Gasteiger partial charge in [0.15, 0.2) is 16.3 Å². The number of hydrogen-bond donors (Lipinski definition) is 3. The fourth-order valence-corrected chi connectivity index (χ4v) is 3.34. The number of thioether (sulfide) groups is 1. The second-order valence-corrected chi connectivity index (χ2v) is 6.65. The molecule has 130 valence electrons. The van der Waals surface area contributed by atoms with E-state index in [0.29, 0.717) is 34.6 Å². The lowest BCUT2D eigenvalue weighted by molar-refractivity contribution is -0.118. The highest BCUT2D eigenvalue weighted by atomic mass is 32.2. The number of H-pyrrole nitrogens is 1. The molecule has 0 aromatic carbocycles. The van der Waals surface area contributed by atoms with E-state index in [0.717, 1.165) is 26.2 Å². The van der Waals surface area contributed by atoms with Crippen LogP contribution in [0.25, 0.3) is 11.2 Å². The van der Waals surface area contributed by atoms with Gasteiger partial charge in [0, 0.05) is 52.4 Å². The zero-order valence-electron chi connectivity index (χ0n) is 13.8. The van der Waals surface area contributed by atoms with Gasteiger partial charge in [-0.1, -0.05) is 11.8 Å². The van der Waals surface area contributed by atoms with Crippen molar-refractivity contribution in [3.63, 3.8) is 0 Å². The lowest BCUT2D eigenvalue weighted by Gasteiger charge is -2.26. The third kappa shape index (κ3) is 3.54. The van der Waals surface area contributed by atoms with Crippen molar-refractivity contribution in [2.24, 2.45) is 7.05 Å². The van der Waals surface area contributed by atoms with Crippen LogP contribution < -0.4 is 21.1 Å². The maximum Gasteiger partial charge on any atom is 0.280 e. The number of aromatic nitrogens is 4. The number of rotatable bonds is 5. The van der Waals surface area contributed by atoms with E-state index < -0.39 is 0 Å². The second-order valence-electron chi connectivity index (χ2n) is 5.59. The zero-order chi connectivity index (χ0) is 17.1.